The van der Waals surface area contributed by atoms with Gasteiger partial charge in [-0.15, -0.1) is 0 Å². The van der Waals surface area contributed by atoms with Crippen LogP contribution in [0.2, 0.25) is 0 Å². The maximum atomic E-state index is 12.1. The molecule has 0 atom stereocenters. The number of rotatable bonds is 6. The van der Waals surface area contributed by atoms with E-state index in [1.807, 2.05) is 46.4 Å². The summed E-state index contributed by atoms with van der Waals surface area (Å²) >= 11 is 0. The molecule has 3 radical (unpaired) electrons. The molecule has 25 heteroatoms. The van der Waals surface area contributed by atoms with Gasteiger partial charge in [0.25, 0.3) is 0 Å². The fraction of sp³-hybridized carbons (Fsp3) is 0.917. The van der Waals surface area contributed by atoms with Crippen molar-refractivity contribution in [3.05, 3.63) is 0 Å². The minimum atomic E-state index is -0.857. The van der Waals surface area contributed by atoms with E-state index in [0.717, 1.165) is 144 Å². The van der Waals surface area contributed by atoms with Crippen molar-refractivity contribution < 1.29 is 76.4 Å². The van der Waals surface area contributed by atoms with E-state index in [-0.39, 0.29) is 52.9 Å². The van der Waals surface area contributed by atoms with Gasteiger partial charge in [-0.05, 0) is 107 Å². The molecular weight excluding hydrogens is 1100 g/mol. The van der Waals surface area contributed by atoms with Gasteiger partial charge in [-0.1, -0.05) is 7.43 Å². The first kappa shape index (κ1) is 77.5. The van der Waals surface area contributed by atoms with Crippen LogP contribution in [0.25, 0.3) is 0 Å². The van der Waals surface area contributed by atoms with Gasteiger partial charge in [-0.25, -0.2) is 14.4 Å². The van der Waals surface area contributed by atoms with Crippen LogP contribution < -0.4 is 10.6 Å². The molecule has 0 saturated carbocycles. The Morgan fingerprint density at radius 3 is 0.988 bits per heavy atom. The molecular formula is C60H114BN8O16. The number of aliphatic carboxylic acids is 1. The molecule has 85 heavy (non-hydrogen) atoms. The van der Waals surface area contributed by atoms with Crippen LogP contribution in [0.15, 0.2) is 0 Å². The maximum Gasteiger partial charge on any atom is 0.410 e. The standard InChI is InChI=1S/C13H22N2O4.C13H24N2O3.C9H15NO4.C8H16N2O.C4H9NO.3C4H8O.CH4.B/c1-13(2,3)19-12(17)15-8-10(9-15)11(16)14-4-6-18-7-5-14;1-13(2,3)18-12(16)15-9-11(10-15)8-14-4-6-17-7-5-14;1-9(2,3)14-8(13)10-4-6(5-10)7(11)12;1-3-11-4-2-10(1)7-8-5-9-6-8;1-3-6-4-2-5-1;3*1-2-4-5-3-1;;/h10H,4-9H2,1-3H3;11H,4-10H2,1-3H3;6H,4-5H2,1-3H3,(H,11,12);8-9H,1-7H2;5H,1-4H2;3*1-4H2;1H4;. The average Bonchev–Trinajstić information content (AvgIpc) is 4.10. The third-order valence-electron chi connectivity index (χ3n) is 14.1. The molecule has 0 aromatic rings. The normalized spacial score (nSPS) is 22.0. The van der Waals surface area contributed by atoms with Gasteiger partial charge >= 0.3 is 24.2 Å². The lowest BCUT2D eigenvalue weighted by Crippen LogP contribution is -2.58. The molecule has 0 bridgehead atoms. The molecule has 11 aliphatic heterocycles. The SMILES string of the molecule is C.C1CCOC1.C1CCOC1.C1CCOC1.C1CN(CC2CNC2)CCO1.C1COCCN1.CC(C)(C)OC(=O)N1CC(C(=O)N2CCOCC2)C1.CC(C)(C)OC(=O)N1CC(C(=O)O)C1.CC(C)(C)OC(=O)N1CC(CN2CCOCC2)C1.[B]. The van der Waals surface area contributed by atoms with Gasteiger partial charge in [-0.3, -0.25) is 19.4 Å². The molecule has 4 amide bonds. The highest BCUT2D eigenvalue weighted by molar-refractivity contribution is 5.83. The zero-order valence-corrected chi connectivity index (χ0v) is 53.0. The highest BCUT2D eigenvalue weighted by Crippen LogP contribution is 2.24. The largest absolute Gasteiger partial charge is 0.481 e. The number of carbonyl (C=O) groups is 5. The fourth-order valence-electron chi connectivity index (χ4n) is 9.25. The Hall–Kier alpha value is -3.63. The van der Waals surface area contributed by atoms with E-state index >= 15 is 0 Å². The smallest absolute Gasteiger partial charge is 0.410 e. The monoisotopic (exact) mass is 1210 g/mol. The first-order valence-corrected chi connectivity index (χ1v) is 30.9. The third-order valence-corrected chi connectivity index (χ3v) is 14.1. The molecule has 0 unspecified atom stereocenters. The van der Waals surface area contributed by atoms with Crippen LogP contribution in [0.3, 0.4) is 0 Å². The number of nitrogens with zero attached hydrogens (tertiary/aromatic N) is 6. The van der Waals surface area contributed by atoms with Crippen molar-refractivity contribution in [1.29, 1.82) is 0 Å². The predicted octanol–water partition coefficient (Wildman–Crippen LogP) is 4.63. The van der Waals surface area contributed by atoms with Crippen molar-refractivity contribution in [2.24, 2.45) is 23.7 Å². The van der Waals surface area contributed by atoms with Gasteiger partial charge in [0.05, 0.1) is 64.7 Å². The second kappa shape index (κ2) is 42.3. The van der Waals surface area contributed by atoms with Crippen molar-refractivity contribution >= 4 is 38.6 Å². The molecule has 11 rings (SSSR count). The van der Waals surface area contributed by atoms with Crippen LogP contribution >= 0.6 is 0 Å². The van der Waals surface area contributed by atoms with Crippen LogP contribution in [-0.2, 0) is 57.0 Å². The Balaban J connectivity index is 0.000000347. The lowest BCUT2D eigenvalue weighted by molar-refractivity contribution is -0.147. The molecule has 0 spiro atoms. The van der Waals surface area contributed by atoms with Crippen LogP contribution in [0, 0.1) is 23.7 Å². The minimum Gasteiger partial charge on any atom is -0.481 e. The number of nitrogens with one attached hydrogen (secondary N) is 2. The minimum absolute atomic E-state index is 0. The van der Waals surface area contributed by atoms with Crippen LogP contribution in [0.1, 0.15) is 108 Å². The van der Waals surface area contributed by atoms with E-state index in [4.69, 9.17) is 52.5 Å². The van der Waals surface area contributed by atoms with Crippen molar-refractivity contribution in [3.8, 4) is 0 Å². The average molecular weight is 1210 g/mol. The van der Waals surface area contributed by atoms with Gasteiger partial charge in [0.2, 0.25) is 5.91 Å². The molecule has 11 heterocycles. The Kier molecular flexibility index (Phi) is 38.6. The van der Waals surface area contributed by atoms with E-state index in [2.05, 4.69) is 20.4 Å². The summed E-state index contributed by atoms with van der Waals surface area (Å²) in [5.74, 6) is 0.268. The number of likely N-dealkylation sites (tertiary alicyclic amines) is 3. The zero-order valence-electron chi connectivity index (χ0n) is 53.0. The van der Waals surface area contributed by atoms with Crippen molar-refractivity contribution in [2.45, 2.75) is 125 Å². The summed E-state index contributed by atoms with van der Waals surface area (Å²) < 4.78 is 51.3. The van der Waals surface area contributed by atoms with Gasteiger partial charge in [0.15, 0.2) is 0 Å². The lowest BCUT2D eigenvalue weighted by atomic mass is 9.99. The second-order valence-electron chi connectivity index (χ2n) is 25.4. The number of carboxylic acids is 1. The molecule has 493 valence electrons. The summed E-state index contributed by atoms with van der Waals surface area (Å²) in [6, 6.07) is 0. The van der Waals surface area contributed by atoms with E-state index in [1.54, 1.807) is 30.6 Å². The van der Waals surface area contributed by atoms with Gasteiger partial charge < -0.3 is 82.7 Å². The van der Waals surface area contributed by atoms with Crippen molar-refractivity contribution in [1.82, 2.24) is 40.0 Å². The summed E-state index contributed by atoms with van der Waals surface area (Å²) in [5, 5.41) is 15.0. The van der Waals surface area contributed by atoms with Gasteiger partial charge in [0.1, 0.15) is 16.8 Å². The topological polar surface area (TPSA) is 241 Å². The highest BCUT2D eigenvalue weighted by atomic mass is 16.6. The summed E-state index contributed by atoms with van der Waals surface area (Å²) in [7, 11) is 0. The number of hydrogen-bond donors (Lipinski definition) is 3. The van der Waals surface area contributed by atoms with E-state index in [9.17, 15) is 24.0 Å². The third kappa shape index (κ3) is 35.2. The molecule has 0 aliphatic carbocycles. The van der Waals surface area contributed by atoms with Crippen LogP contribution in [0.4, 0.5) is 14.4 Å². The molecule has 11 fully saturated rings. The lowest BCUT2D eigenvalue weighted by Gasteiger charge is -2.42. The number of amides is 4. The predicted molar refractivity (Wildman–Crippen MR) is 326 cm³/mol. The molecule has 11 saturated heterocycles. The Morgan fingerprint density at radius 2 is 0.718 bits per heavy atom. The summed E-state index contributed by atoms with van der Waals surface area (Å²) in [6.07, 6.45) is 6.72. The second-order valence-corrected chi connectivity index (χ2v) is 25.4. The van der Waals surface area contributed by atoms with Crippen molar-refractivity contribution in [3.63, 3.8) is 0 Å². The van der Waals surface area contributed by atoms with Crippen LogP contribution in [0.5, 0.6) is 0 Å². The molecule has 0 aromatic carbocycles. The van der Waals surface area contributed by atoms with E-state index in [0.29, 0.717) is 45.3 Å². The Labute approximate surface area is 512 Å². The van der Waals surface area contributed by atoms with E-state index < -0.39 is 34.8 Å². The number of hydrogen-bond acceptors (Lipinski definition) is 19. The number of carbonyl (C=O) groups excluding carboxylic acids is 4. The molecule has 3 N–H and O–H groups in total. The fourth-order valence-corrected chi connectivity index (χ4v) is 9.25. The molecule has 24 nitrogen and oxygen atoms in total. The van der Waals surface area contributed by atoms with Gasteiger partial charge in [-0.2, -0.15) is 0 Å². The molecule has 11 aliphatic rings. The van der Waals surface area contributed by atoms with Crippen molar-refractivity contribution in [2.75, 3.05) is 210 Å². The summed E-state index contributed by atoms with van der Waals surface area (Å²) in [4.78, 5) is 68.9. The Bertz CT molecular complexity index is 1730. The first-order valence-electron chi connectivity index (χ1n) is 30.9. The molecule has 0 aromatic heterocycles. The highest BCUT2D eigenvalue weighted by Gasteiger charge is 2.41. The maximum absolute atomic E-state index is 12.1. The number of ether oxygens (including phenoxy) is 10. The summed E-state index contributed by atoms with van der Waals surface area (Å²) in [5.41, 5.74) is -1.41. The van der Waals surface area contributed by atoms with Gasteiger partial charge in [0, 0.05) is 172 Å². The summed E-state index contributed by atoms with van der Waals surface area (Å²) in [6.45, 7) is 44.6. The zero-order chi connectivity index (χ0) is 60.5. The Morgan fingerprint density at radius 1 is 0.412 bits per heavy atom. The number of carboxylic acid groups (broad SMARTS) is 1. The number of morpholine rings is 4. The first-order chi connectivity index (χ1) is 39.5. The quantitative estimate of drug-likeness (QED) is 0.243. The van der Waals surface area contributed by atoms with Crippen LogP contribution in [-0.4, -0.2) is 300 Å². The van der Waals surface area contributed by atoms with E-state index in [1.165, 1.54) is 63.1 Å².